The molecule has 0 spiro atoms. The first-order chi connectivity index (χ1) is 7.47. The predicted octanol–water partition coefficient (Wildman–Crippen LogP) is 3.13. The Kier molecular flexibility index (Phi) is 3.00. The molecule has 0 radical (unpaired) electrons. The van der Waals surface area contributed by atoms with Gasteiger partial charge in [-0.2, -0.15) is 5.48 Å². The van der Waals surface area contributed by atoms with Gasteiger partial charge in [-0.1, -0.05) is 12.1 Å². The van der Waals surface area contributed by atoms with Gasteiger partial charge in [0.1, 0.15) is 5.82 Å². The van der Waals surface area contributed by atoms with Gasteiger partial charge in [0.2, 0.25) is 0 Å². The maximum Gasteiger partial charge on any atom is 0.126 e. The lowest BCUT2D eigenvalue weighted by Gasteiger charge is -2.23. The molecule has 0 aromatic heterocycles. The van der Waals surface area contributed by atoms with Gasteiger partial charge in [-0.3, -0.25) is 4.84 Å². The topological polar surface area (TPSA) is 21.3 Å². The van der Waals surface area contributed by atoms with E-state index in [0.29, 0.717) is 0 Å². The van der Waals surface area contributed by atoms with Gasteiger partial charge in [0.25, 0.3) is 0 Å². The molecule has 0 heterocycles. The lowest BCUT2D eigenvalue weighted by Crippen LogP contribution is -2.31. The molecule has 0 saturated heterocycles. The average Bonchev–Trinajstić information content (AvgIpc) is 2.58. The van der Waals surface area contributed by atoms with Crippen LogP contribution in [0.3, 0.4) is 0 Å². The van der Waals surface area contributed by atoms with Crippen molar-refractivity contribution in [3.8, 4) is 0 Å². The van der Waals surface area contributed by atoms with Crippen LogP contribution < -0.4 is 5.48 Å². The third-order valence-electron chi connectivity index (χ3n) is 2.72. The molecule has 0 aliphatic heterocycles. The largest absolute Gasteiger partial charge is 0.296 e. The van der Waals surface area contributed by atoms with E-state index in [1.54, 1.807) is 6.07 Å². The van der Waals surface area contributed by atoms with Crippen molar-refractivity contribution in [2.75, 3.05) is 0 Å². The molecule has 1 atom stereocenters. The van der Waals surface area contributed by atoms with Crippen molar-refractivity contribution in [3.05, 3.63) is 35.1 Å². The van der Waals surface area contributed by atoms with Crippen LogP contribution in [-0.4, -0.2) is 5.60 Å². The molecule has 0 saturated carbocycles. The fourth-order valence-corrected chi connectivity index (χ4v) is 1.98. The molecule has 2 rings (SSSR count). The smallest absolute Gasteiger partial charge is 0.126 e. The minimum Gasteiger partial charge on any atom is -0.296 e. The summed E-state index contributed by atoms with van der Waals surface area (Å²) < 4.78 is 13.5. The van der Waals surface area contributed by atoms with Crippen molar-refractivity contribution in [1.29, 1.82) is 0 Å². The molecular formula is C13H18FNO. The van der Waals surface area contributed by atoms with Crippen molar-refractivity contribution in [3.63, 3.8) is 0 Å². The Morgan fingerprint density at radius 2 is 2.12 bits per heavy atom. The number of fused-ring (bicyclic) bond motifs is 1. The second kappa shape index (κ2) is 4.15. The van der Waals surface area contributed by atoms with Gasteiger partial charge in [-0.15, -0.1) is 0 Å². The van der Waals surface area contributed by atoms with Crippen LogP contribution in [0.5, 0.6) is 0 Å². The fourth-order valence-electron chi connectivity index (χ4n) is 1.98. The maximum atomic E-state index is 13.5. The van der Waals surface area contributed by atoms with Crippen LogP contribution in [0.4, 0.5) is 4.39 Å². The minimum atomic E-state index is -0.226. The highest BCUT2D eigenvalue weighted by atomic mass is 19.1. The van der Waals surface area contributed by atoms with E-state index in [9.17, 15) is 4.39 Å². The van der Waals surface area contributed by atoms with E-state index in [0.717, 1.165) is 24.0 Å². The van der Waals surface area contributed by atoms with Gasteiger partial charge in [0, 0.05) is 0 Å². The second-order valence-corrected chi connectivity index (χ2v) is 5.23. The number of hydrogen-bond donors (Lipinski definition) is 1. The number of halogens is 1. The van der Waals surface area contributed by atoms with Crippen LogP contribution in [0.25, 0.3) is 0 Å². The molecule has 0 amide bonds. The average molecular weight is 223 g/mol. The molecule has 2 nitrogen and oxygen atoms in total. The number of nitrogens with one attached hydrogen (secondary N) is 1. The minimum absolute atomic E-state index is 0.0995. The Bertz CT molecular complexity index is 384. The molecule has 0 bridgehead atoms. The predicted molar refractivity (Wildman–Crippen MR) is 61.4 cm³/mol. The van der Waals surface area contributed by atoms with Crippen LogP contribution in [0.1, 0.15) is 44.4 Å². The van der Waals surface area contributed by atoms with Crippen LogP contribution in [-0.2, 0) is 11.3 Å². The van der Waals surface area contributed by atoms with Gasteiger partial charge < -0.3 is 0 Å². The highest BCUT2D eigenvalue weighted by Crippen LogP contribution is 2.32. The van der Waals surface area contributed by atoms with Gasteiger partial charge in [-0.05, 0) is 50.8 Å². The van der Waals surface area contributed by atoms with E-state index in [1.807, 2.05) is 26.8 Å². The standard InChI is InChI=1S/C13H18FNO/c1-13(2,3)16-15-12-8-7-9-10(12)5-4-6-11(9)14/h4-6,12,15H,7-8H2,1-3H3. The van der Waals surface area contributed by atoms with Crippen molar-refractivity contribution in [2.45, 2.75) is 45.3 Å². The fraction of sp³-hybridized carbons (Fsp3) is 0.538. The summed E-state index contributed by atoms with van der Waals surface area (Å²) in [5, 5.41) is 0. The SMILES string of the molecule is CC(C)(C)ONC1CCc2c(F)cccc21. The van der Waals surface area contributed by atoms with Crippen LogP contribution >= 0.6 is 0 Å². The third kappa shape index (κ3) is 2.42. The first-order valence-electron chi connectivity index (χ1n) is 5.68. The molecular weight excluding hydrogens is 205 g/mol. The summed E-state index contributed by atoms with van der Waals surface area (Å²) in [6.45, 7) is 5.96. The summed E-state index contributed by atoms with van der Waals surface area (Å²) in [7, 11) is 0. The van der Waals surface area contributed by atoms with E-state index in [2.05, 4.69) is 5.48 Å². The first-order valence-corrected chi connectivity index (χ1v) is 5.68. The van der Waals surface area contributed by atoms with Crippen LogP contribution in [0.15, 0.2) is 18.2 Å². The summed E-state index contributed by atoms with van der Waals surface area (Å²) in [6, 6.07) is 5.36. The van der Waals surface area contributed by atoms with E-state index < -0.39 is 0 Å². The van der Waals surface area contributed by atoms with Gasteiger partial charge in [0.15, 0.2) is 0 Å². The Morgan fingerprint density at radius 1 is 1.38 bits per heavy atom. The molecule has 1 unspecified atom stereocenters. The summed E-state index contributed by atoms with van der Waals surface area (Å²) in [6.07, 6.45) is 1.68. The van der Waals surface area contributed by atoms with E-state index >= 15 is 0 Å². The molecule has 1 aromatic carbocycles. The van der Waals surface area contributed by atoms with E-state index in [-0.39, 0.29) is 17.5 Å². The zero-order valence-corrected chi connectivity index (χ0v) is 10.0. The highest BCUT2D eigenvalue weighted by Gasteiger charge is 2.26. The Hall–Kier alpha value is -0.930. The summed E-state index contributed by atoms with van der Waals surface area (Å²) in [5.74, 6) is -0.0995. The van der Waals surface area contributed by atoms with Gasteiger partial charge in [0.05, 0.1) is 11.6 Å². The summed E-state index contributed by atoms with van der Waals surface area (Å²) in [5.41, 5.74) is 4.67. The number of hydroxylamine groups is 1. The first kappa shape index (κ1) is 11.6. The van der Waals surface area contributed by atoms with Crippen LogP contribution in [0.2, 0.25) is 0 Å². The summed E-state index contributed by atoms with van der Waals surface area (Å²) in [4.78, 5) is 5.54. The Balaban J connectivity index is 2.09. The Labute approximate surface area is 95.8 Å². The molecule has 1 N–H and O–H groups in total. The molecule has 1 aliphatic carbocycles. The monoisotopic (exact) mass is 223 g/mol. The lowest BCUT2D eigenvalue weighted by molar-refractivity contribution is -0.0888. The quantitative estimate of drug-likeness (QED) is 0.778. The van der Waals surface area contributed by atoms with Gasteiger partial charge >= 0.3 is 0 Å². The molecule has 0 fully saturated rings. The normalized spacial score (nSPS) is 19.9. The zero-order valence-electron chi connectivity index (χ0n) is 10.0. The molecule has 16 heavy (non-hydrogen) atoms. The second-order valence-electron chi connectivity index (χ2n) is 5.23. The van der Waals surface area contributed by atoms with Crippen LogP contribution in [0, 0.1) is 5.82 Å². The number of rotatable bonds is 2. The summed E-state index contributed by atoms with van der Waals surface area (Å²) >= 11 is 0. The van der Waals surface area contributed by atoms with Crippen molar-refractivity contribution in [2.24, 2.45) is 0 Å². The van der Waals surface area contributed by atoms with E-state index in [4.69, 9.17) is 4.84 Å². The molecule has 1 aromatic rings. The van der Waals surface area contributed by atoms with Crippen molar-refractivity contribution < 1.29 is 9.23 Å². The zero-order chi connectivity index (χ0) is 11.8. The van der Waals surface area contributed by atoms with E-state index in [1.165, 1.54) is 6.07 Å². The molecule has 88 valence electrons. The lowest BCUT2D eigenvalue weighted by atomic mass is 10.1. The van der Waals surface area contributed by atoms with Crippen molar-refractivity contribution in [1.82, 2.24) is 5.48 Å². The Morgan fingerprint density at radius 3 is 2.81 bits per heavy atom. The molecule has 1 aliphatic rings. The number of benzene rings is 1. The van der Waals surface area contributed by atoms with Crippen molar-refractivity contribution >= 4 is 0 Å². The van der Waals surface area contributed by atoms with Gasteiger partial charge in [-0.25, -0.2) is 4.39 Å². The maximum absolute atomic E-state index is 13.5. The highest BCUT2D eigenvalue weighted by molar-refractivity contribution is 5.35. The molecule has 3 heteroatoms. The number of hydrogen-bond acceptors (Lipinski definition) is 2. The third-order valence-corrected chi connectivity index (χ3v) is 2.72.